The molecule has 0 unspecified atom stereocenters. The van der Waals surface area contributed by atoms with Crippen molar-refractivity contribution in [2.45, 2.75) is 18.7 Å². The molecule has 2 rings (SSSR count). The lowest BCUT2D eigenvalue weighted by molar-refractivity contribution is -0.112. The molecule has 1 aromatic heterocycles. The highest BCUT2D eigenvalue weighted by Crippen LogP contribution is 2.18. The number of hydrogen-bond acceptors (Lipinski definition) is 7. The molecule has 25 heavy (non-hydrogen) atoms. The molecule has 8 nitrogen and oxygen atoms in total. The molecule has 0 atom stereocenters. The van der Waals surface area contributed by atoms with E-state index in [1.54, 1.807) is 19.1 Å². The normalized spacial score (nSPS) is 11.7. The molecule has 9 heteroatoms. The van der Waals surface area contributed by atoms with Crippen LogP contribution in [0.2, 0.25) is 0 Å². The van der Waals surface area contributed by atoms with Crippen molar-refractivity contribution in [3.8, 4) is 5.88 Å². The van der Waals surface area contributed by atoms with E-state index in [-0.39, 0.29) is 22.4 Å². The van der Waals surface area contributed by atoms with Crippen LogP contribution in [0.15, 0.2) is 53.1 Å². The van der Waals surface area contributed by atoms with Gasteiger partial charge in [-0.05, 0) is 50.3 Å². The number of nitrogens with one attached hydrogen (secondary N) is 2. The zero-order chi connectivity index (χ0) is 18.4. The van der Waals surface area contributed by atoms with Crippen LogP contribution in [0.25, 0.3) is 0 Å². The van der Waals surface area contributed by atoms with Gasteiger partial charge in [-0.1, -0.05) is 0 Å². The van der Waals surface area contributed by atoms with Crippen molar-refractivity contribution in [1.82, 2.24) is 10.2 Å². The maximum Gasteiger partial charge on any atom is 0.263 e. The summed E-state index contributed by atoms with van der Waals surface area (Å²) >= 11 is 0. The molecule has 0 fully saturated rings. The maximum atomic E-state index is 12.3. The summed E-state index contributed by atoms with van der Waals surface area (Å²) in [5, 5.41) is 10.4. The molecule has 0 amide bonds. The van der Waals surface area contributed by atoms with Gasteiger partial charge < -0.3 is 10.1 Å². The zero-order valence-corrected chi connectivity index (χ0v) is 14.8. The van der Waals surface area contributed by atoms with Crippen LogP contribution < -0.4 is 14.8 Å². The second-order valence-corrected chi connectivity index (χ2v) is 6.84. The van der Waals surface area contributed by atoms with Crippen LogP contribution in [-0.2, 0) is 14.8 Å². The van der Waals surface area contributed by atoms with Gasteiger partial charge in [0, 0.05) is 17.5 Å². The van der Waals surface area contributed by atoms with Gasteiger partial charge in [0.25, 0.3) is 10.0 Å². The fourth-order valence-corrected chi connectivity index (χ4v) is 2.96. The van der Waals surface area contributed by atoms with Gasteiger partial charge in [0.15, 0.2) is 11.6 Å². The first kappa shape index (κ1) is 18.4. The quantitative estimate of drug-likeness (QED) is 0.726. The Balaban J connectivity index is 2.12. The molecule has 132 valence electrons. The highest BCUT2D eigenvalue weighted by molar-refractivity contribution is 7.92. The second kappa shape index (κ2) is 7.75. The van der Waals surface area contributed by atoms with Gasteiger partial charge >= 0.3 is 0 Å². The first-order valence-corrected chi connectivity index (χ1v) is 8.75. The lowest BCUT2D eigenvalue weighted by Gasteiger charge is -2.09. The monoisotopic (exact) mass is 362 g/mol. The van der Waals surface area contributed by atoms with E-state index in [4.69, 9.17) is 4.74 Å². The van der Waals surface area contributed by atoms with Crippen molar-refractivity contribution >= 4 is 27.3 Å². The first-order chi connectivity index (χ1) is 11.8. The van der Waals surface area contributed by atoms with Gasteiger partial charge in [-0.15, -0.1) is 10.2 Å². The molecule has 2 N–H and O–H groups in total. The smallest absolute Gasteiger partial charge is 0.263 e. The number of nitrogens with zero attached hydrogens (tertiary/aromatic N) is 2. The Bertz CT molecular complexity index is 875. The summed E-state index contributed by atoms with van der Waals surface area (Å²) in [7, 11) is -2.35. The van der Waals surface area contributed by atoms with Crippen molar-refractivity contribution in [1.29, 1.82) is 0 Å². The number of rotatable bonds is 7. The molecule has 0 aliphatic heterocycles. The summed E-state index contributed by atoms with van der Waals surface area (Å²) in [5.74, 6) is 0.296. The lowest BCUT2D eigenvalue weighted by atomic mass is 10.3. The van der Waals surface area contributed by atoms with E-state index in [1.807, 2.05) is 0 Å². The minimum Gasteiger partial charge on any atom is -0.480 e. The Kier molecular flexibility index (Phi) is 5.71. The largest absolute Gasteiger partial charge is 0.480 e. The molecule has 0 radical (unpaired) electrons. The Hall–Kier alpha value is -2.94. The SMILES string of the molecule is COc1ccc(NS(=O)(=O)c2ccc(N/C(C)=C/C(C)=O)cc2)nn1. The number of sulfonamides is 1. The second-order valence-electron chi connectivity index (χ2n) is 5.15. The average Bonchev–Trinajstić information content (AvgIpc) is 2.55. The van der Waals surface area contributed by atoms with Gasteiger partial charge in [0.2, 0.25) is 5.88 Å². The van der Waals surface area contributed by atoms with Crippen molar-refractivity contribution in [3.05, 3.63) is 48.2 Å². The zero-order valence-electron chi connectivity index (χ0n) is 14.0. The van der Waals surface area contributed by atoms with Crippen molar-refractivity contribution in [2.75, 3.05) is 17.1 Å². The van der Waals surface area contributed by atoms with E-state index < -0.39 is 10.0 Å². The molecule has 0 saturated heterocycles. The van der Waals surface area contributed by atoms with Crippen LogP contribution in [0.1, 0.15) is 13.8 Å². The predicted molar refractivity (Wildman–Crippen MR) is 93.9 cm³/mol. The molecular formula is C16H18N4O4S. The topological polar surface area (TPSA) is 110 Å². The summed E-state index contributed by atoms with van der Waals surface area (Å²) in [5.41, 5.74) is 1.33. The fraction of sp³-hybridized carbons (Fsp3) is 0.188. The summed E-state index contributed by atoms with van der Waals surface area (Å²) < 4.78 is 31.9. The molecule has 0 saturated carbocycles. The van der Waals surface area contributed by atoms with Gasteiger partial charge in [-0.25, -0.2) is 8.42 Å². The van der Waals surface area contributed by atoms with Gasteiger partial charge in [0.1, 0.15) is 0 Å². The van der Waals surface area contributed by atoms with E-state index in [1.165, 1.54) is 44.4 Å². The highest BCUT2D eigenvalue weighted by Gasteiger charge is 2.15. The van der Waals surface area contributed by atoms with E-state index in [0.29, 0.717) is 11.4 Å². The van der Waals surface area contributed by atoms with Crippen LogP contribution in [0.3, 0.4) is 0 Å². The van der Waals surface area contributed by atoms with Gasteiger partial charge in [-0.3, -0.25) is 9.52 Å². The molecule has 0 bridgehead atoms. The molecule has 0 aliphatic carbocycles. The molecule has 1 aromatic carbocycles. The number of anilines is 2. The first-order valence-electron chi connectivity index (χ1n) is 7.26. The van der Waals surface area contributed by atoms with Crippen molar-refractivity contribution < 1.29 is 17.9 Å². The van der Waals surface area contributed by atoms with Gasteiger partial charge in [-0.2, -0.15) is 0 Å². The van der Waals surface area contributed by atoms with Crippen LogP contribution in [0.4, 0.5) is 11.5 Å². The number of aromatic nitrogens is 2. The van der Waals surface area contributed by atoms with E-state index in [9.17, 15) is 13.2 Å². The summed E-state index contributed by atoms with van der Waals surface area (Å²) in [4.78, 5) is 11.1. The third-order valence-electron chi connectivity index (χ3n) is 3.01. The van der Waals surface area contributed by atoms with Crippen LogP contribution in [-0.4, -0.2) is 31.5 Å². The van der Waals surface area contributed by atoms with E-state index >= 15 is 0 Å². The number of allylic oxidation sites excluding steroid dienone is 2. The number of ketones is 1. The van der Waals surface area contributed by atoms with E-state index in [2.05, 4.69) is 20.2 Å². The minimum absolute atomic E-state index is 0.0730. The number of methoxy groups -OCH3 is 1. The molecule has 1 heterocycles. The molecular weight excluding hydrogens is 344 g/mol. The predicted octanol–water partition coefficient (Wildman–Crippen LogP) is 2.19. The average molecular weight is 362 g/mol. The number of benzene rings is 1. The minimum atomic E-state index is -3.79. The number of hydrogen-bond donors (Lipinski definition) is 2. The summed E-state index contributed by atoms with van der Waals surface area (Å²) in [6.07, 6.45) is 1.45. The van der Waals surface area contributed by atoms with Crippen LogP contribution in [0, 0.1) is 0 Å². The molecule has 0 aliphatic rings. The van der Waals surface area contributed by atoms with Crippen molar-refractivity contribution in [2.24, 2.45) is 0 Å². The standard InChI is InChI=1S/C16H18N4O4S/c1-11(10-12(2)21)17-13-4-6-14(7-5-13)25(22,23)20-15-8-9-16(24-3)19-18-15/h4-10,17H,1-3H3,(H,18,20)/b11-10+. The van der Waals surface area contributed by atoms with E-state index in [0.717, 1.165) is 0 Å². The maximum absolute atomic E-state index is 12.3. The van der Waals surface area contributed by atoms with Crippen LogP contribution >= 0.6 is 0 Å². The number of carbonyl (C=O) groups is 1. The summed E-state index contributed by atoms with van der Waals surface area (Å²) in [6, 6.07) is 9.06. The van der Waals surface area contributed by atoms with Crippen LogP contribution in [0.5, 0.6) is 5.88 Å². The number of ether oxygens (including phenoxy) is 1. The fourth-order valence-electron chi connectivity index (χ4n) is 1.97. The Labute approximate surface area is 146 Å². The van der Waals surface area contributed by atoms with Crippen molar-refractivity contribution in [3.63, 3.8) is 0 Å². The summed E-state index contributed by atoms with van der Waals surface area (Å²) in [6.45, 7) is 3.20. The Morgan fingerprint density at radius 1 is 1.08 bits per heavy atom. The molecule has 0 spiro atoms. The lowest BCUT2D eigenvalue weighted by Crippen LogP contribution is -2.14. The third kappa shape index (κ3) is 5.28. The third-order valence-corrected chi connectivity index (χ3v) is 4.38. The Morgan fingerprint density at radius 3 is 2.28 bits per heavy atom. The Morgan fingerprint density at radius 2 is 1.76 bits per heavy atom. The number of carbonyl (C=O) groups excluding carboxylic acids is 1. The highest BCUT2D eigenvalue weighted by atomic mass is 32.2. The van der Waals surface area contributed by atoms with Gasteiger partial charge in [0.05, 0.1) is 12.0 Å². The molecule has 2 aromatic rings.